The van der Waals surface area contributed by atoms with E-state index in [0.29, 0.717) is 34.2 Å². The number of hydrogen-bond donors (Lipinski definition) is 2. The lowest BCUT2D eigenvalue weighted by Crippen LogP contribution is -2.14. The maximum absolute atomic E-state index is 12.3. The summed E-state index contributed by atoms with van der Waals surface area (Å²) in [6, 6.07) is 9.85. The molecule has 0 aliphatic heterocycles. The lowest BCUT2D eigenvalue weighted by molar-refractivity contribution is -0.139. The maximum Gasteiger partial charge on any atom is 0.341 e. The predicted molar refractivity (Wildman–Crippen MR) is 98.0 cm³/mol. The second-order valence-electron chi connectivity index (χ2n) is 5.47. The van der Waals surface area contributed by atoms with Gasteiger partial charge in [-0.1, -0.05) is 0 Å². The molecule has 144 valence electrons. The lowest BCUT2D eigenvalue weighted by atomic mass is 10.1. The molecule has 8 heteroatoms. The molecule has 0 spiro atoms. The van der Waals surface area contributed by atoms with Crippen LogP contribution in [0.15, 0.2) is 36.4 Å². The smallest absolute Gasteiger partial charge is 0.341 e. The molecule has 0 bridgehead atoms. The minimum absolute atomic E-state index is 0.105. The summed E-state index contributed by atoms with van der Waals surface area (Å²) in [7, 11) is 4.53. The Labute approximate surface area is 156 Å². The van der Waals surface area contributed by atoms with Crippen molar-refractivity contribution in [1.29, 1.82) is 0 Å². The Bertz CT molecular complexity index is 777. The van der Waals surface area contributed by atoms with Crippen molar-refractivity contribution in [1.82, 2.24) is 0 Å². The van der Waals surface area contributed by atoms with Crippen molar-refractivity contribution in [2.24, 2.45) is 0 Å². The fourth-order valence-electron chi connectivity index (χ4n) is 2.41. The molecule has 0 aliphatic rings. The summed E-state index contributed by atoms with van der Waals surface area (Å²) in [4.78, 5) is 22.8. The molecule has 0 aliphatic carbocycles. The van der Waals surface area contributed by atoms with Crippen LogP contribution in [0.2, 0.25) is 0 Å². The van der Waals surface area contributed by atoms with Gasteiger partial charge in [-0.3, -0.25) is 4.79 Å². The topological polar surface area (TPSA) is 103 Å². The number of amides is 1. The van der Waals surface area contributed by atoms with Gasteiger partial charge in [0.15, 0.2) is 18.1 Å². The summed E-state index contributed by atoms with van der Waals surface area (Å²) in [5, 5.41) is 11.4. The van der Waals surface area contributed by atoms with E-state index in [1.54, 1.807) is 36.4 Å². The van der Waals surface area contributed by atoms with Crippen LogP contribution in [0.25, 0.3) is 0 Å². The highest BCUT2D eigenvalue weighted by Crippen LogP contribution is 2.38. The third-order valence-corrected chi connectivity index (χ3v) is 3.59. The molecule has 0 radical (unpaired) electrons. The number of hydrogen-bond acceptors (Lipinski definition) is 6. The Morgan fingerprint density at radius 3 is 2.04 bits per heavy atom. The lowest BCUT2D eigenvalue weighted by Gasteiger charge is -2.14. The van der Waals surface area contributed by atoms with Gasteiger partial charge in [0, 0.05) is 5.69 Å². The number of benzene rings is 2. The highest BCUT2D eigenvalue weighted by Gasteiger charge is 2.15. The summed E-state index contributed by atoms with van der Waals surface area (Å²) < 4.78 is 20.9. The van der Waals surface area contributed by atoms with Gasteiger partial charge in [-0.2, -0.15) is 0 Å². The van der Waals surface area contributed by atoms with Crippen LogP contribution in [-0.2, 0) is 16.0 Å². The third kappa shape index (κ3) is 5.53. The Hall–Kier alpha value is -3.42. The van der Waals surface area contributed by atoms with Gasteiger partial charge >= 0.3 is 5.97 Å². The molecule has 0 atom stereocenters. The summed E-state index contributed by atoms with van der Waals surface area (Å²) in [5.74, 6) is 0.515. The fourth-order valence-corrected chi connectivity index (χ4v) is 2.41. The van der Waals surface area contributed by atoms with Gasteiger partial charge < -0.3 is 29.4 Å². The largest absolute Gasteiger partial charge is 0.493 e. The van der Waals surface area contributed by atoms with E-state index >= 15 is 0 Å². The first kappa shape index (κ1) is 19.9. The second kappa shape index (κ2) is 9.33. The first-order valence-corrected chi connectivity index (χ1v) is 8.00. The molecule has 1 amide bonds. The highest BCUT2D eigenvalue weighted by atomic mass is 16.5. The van der Waals surface area contributed by atoms with Crippen molar-refractivity contribution < 1.29 is 33.6 Å². The Morgan fingerprint density at radius 2 is 1.56 bits per heavy atom. The second-order valence-corrected chi connectivity index (χ2v) is 5.47. The van der Waals surface area contributed by atoms with Gasteiger partial charge in [-0.15, -0.1) is 0 Å². The Balaban J connectivity index is 2.04. The third-order valence-electron chi connectivity index (χ3n) is 3.59. The number of anilines is 1. The van der Waals surface area contributed by atoms with Crippen LogP contribution < -0.4 is 24.3 Å². The van der Waals surface area contributed by atoms with Gasteiger partial charge in [0.2, 0.25) is 11.7 Å². The number of aliphatic carboxylic acids is 1. The van der Waals surface area contributed by atoms with Gasteiger partial charge in [0.05, 0.1) is 27.8 Å². The van der Waals surface area contributed by atoms with Gasteiger partial charge in [0.25, 0.3) is 0 Å². The van der Waals surface area contributed by atoms with Crippen molar-refractivity contribution in [3.63, 3.8) is 0 Å². The van der Waals surface area contributed by atoms with Crippen molar-refractivity contribution >= 4 is 17.6 Å². The molecule has 27 heavy (non-hydrogen) atoms. The van der Waals surface area contributed by atoms with Crippen LogP contribution >= 0.6 is 0 Å². The normalized spacial score (nSPS) is 10.0. The van der Waals surface area contributed by atoms with Crippen LogP contribution in [0.1, 0.15) is 5.56 Å². The molecule has 0 saturated carbocycles. The summed E-state index contributed by atoms with van der Waals surface area (Å²) >= 11 is 0. The summed E-state index contributed by atoms with van der Waals surface area (Å²) in [6.07, 6.45) is 0.105. The average Bonchev–Trinajstić information content (AvgIpc) is 2.66. The van der Waals surface area contributed by atoms with E-state index in [1.807, 2.05) is 0 Å². The van der Waals surface area contributed by atoms with E-state index in [1.165, 1.54) is 21.3 Å². The molecule has 0 aromatic heterocycles. The maximum atomic E-state index is 12.3. The van der Waals surface area contributed by atoms with Crippen molar-refractivity contribution in [2.45, 2.75) is 6.42 Å². The van der Waals surface area contributed by atoms with Crippen LogP contribution in [-0.4, -0.2) is 44.9 Å². The molecule has 0 fully saturated rings. The number of carboxylic acid groups (broad SMARTS) is 1. The standard InChI is InChI=1S/C19H21NO7/c1-24-15-8-12(9-16(25-2)19(15)26-3)10-17(21)20-13-4-6-14(7-5-13)27-11-18(22)23/h4-9H,10-11H2,1-3H3,(H,20,21)(H,22,23). The van der Waals surface area contributed by atoms with E-state index in [2.05, 4.69) is 5.32 Å². The number of carboxylic acids is 1. The zero-order valence-electron chi connectivity index (χ0n) is 15.3. The van der Waals surface area contributed by atoms with Gasteiger partial charge in [-0.05, 0) is 42.0 Å². The molecule has 8 nitrogen and oxygen atoms in total. The summed E-state index contributed by atoms with van der Waals surface area (Å²) in [6.45, 7) is -0.424. The van der Waals surface area contributed by atoms with Crippen LogP contribution in [0.3, 0.4) is 0 Å². The molecule has 0 saturated heterocycles. The van der Waals surface area contributed by atoms with E-state index in [-0.39, 0.29) is 12.3 Å². The highest BCUT2D eigenvalue weighted by molar-refractivity contribution is 5.92. The fraction of sp³-hybridized carbons (Fsp3) is 0.263. The zero-order valence-corrected chi connectivity index (χ0v) is 15.3. The minimum atomic E-state index is -1.06. The van der Waals surface area contributed by atoms with Gasteiger partial charge in [0.1, 0.15) is 5.75 Å². The molecule has 0 unspecified atom stereocenters. The number of ether oxygens (including phenoxy) is 4. The number of carbonyl (C=O) groups is 2. The number of nitrogens with one attached hydrogen (secondary N) is 1. The number of rotatable bonds is 9. The van der Waals surface area contributed by atoms with E-state index in [4.69, 9.17) is 24.1 Å². The van der Waals surface area contributed by atoms with Crippen LogP contribution in [0.5, 0.6) is 23.0 Å². The zero-order chi connectivity index (χ0) is 19.8. The molecule has 2 rings (SSSR count). The van der Waals surface area contributed by atoms with Crippen molar-refractivity contribution in [3.05, 3.63) is 42.0 Å². The van der Waals surface area contributed by atoms with E-state index in [9.17, 15) is 9.59 Å². The molecule has 2 N–H and O–H groups in total. The summed E-state index contributed by atoms with van der Waals surface area (Å²) in [5.41, 5.74) is 1.26. The first-order chi connectivity index (χ1) is 13.0. The molecule has 0 heterocycles. The van der Waals surface area contributed by atoms with E-state index in [0.717, 1.165) is 0 Å². The Kier molecular flexibility index (Phi) is 6.87. The SMILES string of the molecule is COc1cc(CC(=O)Nc2ccc(OCC(=O)O)cc2)cc(OC)c1OC. The molecular weight excluding hydrogens is 354 g/mol. The van der Waals surface area contributed by atoms with E-state index < -0.39 is 12.6 Å². The van der Waals surface area contributed by atoms with Crippen molar-refractivity contribution in [2.75, 3.05) is 33.3 Å². The van der Waals surface area contributed by atoms with Crippen LogP contribution in [0.4, 0.5) is 5.69 Å². The number of carbonyl (C=O) groups excluding carboxylic acids is 1. The molecule has 2 aromatic carbocycles. The van der Waals surface area contributed by atoms with Crippen LogP contribution in [0, 0.1) is 0 Å². The quantitative estimate of drug-likeness (QED) is 0.693. The monoisotopic (exact) mass is 375 g/mol. The predicted octanol–water partition coefficient (Wildman–Crippen LogP) is 2.36. The van der Waals surface area contributed by atoms with Gasteiger partial charge in [-0.25, -0.2) is 4.79 Å². The molecular formula is C19H21NO7. The van der Waals surface area contributed by atoms with Crippen molar-refractivity contribution in [3.8, 4) is 23.0 Å². The average molecular weight is 375 g/mol. The first-order valence-electron chi connectivity index (χ1n) is 8.00. The number of methoxy groups -OCH3 is 3. The Morgan fingerprint density at radius 1 is 0.963 bits per heavy atom. The molecule has 2 aromatic rings. The minimum Gasteiger partial charge on any atom is -0.493 e.